The van der Waals surface area contributed by atoms with Crippen molar-refractivity contribution >= 4 is 34.7 Å². The van der Waals surface area contributed by atoms with Gasteiger partial charge in [-0.05, 0) is 23.9 Å². The SMILES string of the molecule is C=CCOc1ccccc1/C=C1\SC(=O)N(Cc2ccccc2[N+](=O)[O-])C1=O. The maximum absolute atomic E-state index is 12.7. The zero-order valence-electron chi connectivity index (χ0n) is 14.7. The van der Waals surface area contributed by atoms with E-state index in [4.69, 9.17) is 4.74 Å². The van der Waals surface area contributed by atoms with Crippen LogP contribution in [0.4, 0.5) is 10.5 Å². The van der Waals surface area contributed by atoms with Gasteiger partial charge in [-0.25, -0.2) is 0 Å². The number of benzene rings is 2. The molecule has 1 saturated heterocycles. The molecule has 1 heterocycles. The van der Waals surface area contributed by atoms with Crippen LogP contribution in [0.5, 0.6) is 5.75 Å². The van der Waals surface area contributed by atoms with E-state index in [9.17, 15) is 19.7 Å². The second-order valence-corrected chi connectivity index (χ2v) is 6.78. The molecule has 0 radical (unpaired) electrons. The second-order valence-electron chi connectivity index (χ2n) is 5.79. The Hall–Kier alpha value is -3.39. The Bertz CT molecular complexity index is 986. The van der Waals surface area contributed by atoms with Gasteiger partial charge >= 0.3 is 0 Å². The van der Waals surface area contributed by atoms with Crippen LogP contribution >= 0.6 is 11.8 Å². The van der Waals surface area contributed by atoms with Crippen LogP contribution in [0.25, 0.3) is 6.08 Å². The van der Waals surface area contributed by atoms with Crippen molar-refractivity contribution < 1.29 is 19.2 Å². The zero-order chi connectivity index (χ0) is 20.1. The molecule has 1 fully saturated rings. The molecular formula is C20H16N2O5S. The summed E-state index contributed by atoms with van der Waals surface area (Å²) in [7, 11) is 0. The van der Waals surface area contributed by atoms with E-state index in [-0.39, 0.29) is 17.1 Å². The van der Waals surface area contributed by atoms with Crippen molar-refractivity contribution in [3.8, 4) is 5.75 Å². The molecule has 0 aliphatic carbocycles. The highest BCUT2D eigenvalue weighted by Crippen LogP contribution is 2.35. The molecule has 1 aliphatic rings. The van der Waals surface area contributed by atoms with E-state index in [0.717, 1.165) is 16.7 Å². The van der Waals surface area contributed by atoms with Gasteiger partial charge < -0.3 is 4.74 Å². The smallest absolute Gasteiger partial charge is 0.293 e. The number of carbonyl (C=O) groups is 2. The number of hydrogen-bond donors (Lipinski definition) is 0. The van der Waals surface area contributed by atoms with Crippen molar-refractivity contribution in [2.75, 3.05) is 6.61 Å². The molecule has 1 aliphatic heterocycles. The predicted molar refractivity (Wildman–Crippen MR) is 107 cm³/mol. The van der Waals surface area contributed by atoms with Crippen LogP contribution in [0.15, 0.2) is 66.1 Å². The highest BCUT2D eigenvalue weighted by atomic mass is 32.2. The first-order valence-corrected chi connectivity index (χ1v) is 9.13. The summed E-state index contributed by atoms with van der Waals surface area (Å²) in [6.45, 7) is 3.75. The summed E-state index contributed by atoms with van der Waals surface area (Å²) in [6.07, 6.45) is 3.19. The first-order chi connectivity index (χ1) is 13.5. The van der Waals surface area contributed by atoms with Gasteiger partial charge in [-0.3, -0.25) is 24.6 Å². The Morgan fingerprint density at radius 3 is 2.61 bits per heavy atom. The number of amides is 2. The molecule has 0 bridgehead atoms. The Kier molecular flexibility index (Phi) is 5.90. The lowest BCUT2D eigenvalue weighted by molar-refractivity contribution is -0.385. The van der Waals surface area contributed by atoms with Crippen LogP contribution in [0.2, 0.25) is 0 Å². The summed E-state index contributed by atoms with van der Waals surface area (Å²) in [6, 6.07) is 13.2. The molecular weight excluding hydrogens is 380 g/mol. The lowest BCUT2D eigenvalue weighted by atomic mass is 10.1. The van der Waals surface area contributed by atoms with E-state index in [1.807, 2.05) is 0 Å². The Labute approximate surface area is 165 Å². The number of thioether (sulfide) groups is 1. The third-order valence-electron chi connectivity index (χ3n) is 3.95. The van der Waals surface area contributed by atoms with Crippen molar-refractivity contribution in [3.63, 3.8) is 0 Å². The third kappa shape index (κ3) is 4.12. The van der Waals surface area contributed by atoms with Gasteiger partial charge in [-0.15, -0.1) is 0 Å². The number of imide groups is 1. The minimum absolute atomic E-state index is 0.131. The summed E-state index contributed by atoms with van der Waals surface area (Å²) in [5.41, 5.74) is 0.819. The summed E-state index contributed by atoms with van der Waals surface area (Å²) in [5, 5.41) is 10.7. The van der Waals surface area contributed by atoms with Gasteiger partial charge in [0.25, 0.3) is 16.8 Å². The fraction of sp³-hybridized carbons (Fsp3) is 0.100. The molecule has 0 saturated carbocycles. The van der Waals surface area contributed by atoms with Gasteiger partial charge in [0.05, 0.1) is 16.4 Å². The monoisotopic (exact) mass is 396 g/mol. The molecule has 0 spiro atoms. The molecule has 0 N–H and O–H groups in total. The van der Waals surface area contributed by atoms with Crippen molar-refractivity contribution in [2.45, 2.75) is 6.54 Å². The Morgan fingerprint density at radius 1 is 1.14 bits per heavy atom. The normalized spacial score (nSPS) is 15.1. The number of nitrogens with zero attached hydrogens (tertiary/aromatic N) is 2. The minimum Gasteiger partial charge on any atom is -0.489 e. The summed E-state index contributed by atoms with van der Waals surface area (Å²) < 4.78 is 5.57. The topological polar surface area (TPSA) is 89.8 Å². The number of rotatable bonds is 7. The van der Waals surface area contributed by atoms with Crippen molar-refractivity contribution in [2.24, 2.45) is 0 Å². The first-order valence-electron chi connectivity index (χ1n) is 8.31. The number of carbonyl (C=O) groups excluding carboxylic acids is 2. The van der Waals surface area contributed by atoms with Gasteiger partial charge in [0.2, 0.25) is 0 Å². The van der Waals surface area contributed by atoms with Crippen LogP contribution in [-0.4, -0.2) is 27.6 Å². The van der Waals surface area contributed by atoms with Crippen molar-refractivity contribution in [1.82, 2.24) is 4.90 Å². The number of ether oxygens (including phenoxy) is 1. The van der Waals surface area contributed by atoms with Crippen LogP contribution in [0.3, 0.4) is 0 Å². The molecule has 2 aromatic carbocycles. The molecule has 3 rings (SSSR count). The predicted octanol–water partition coefficient (Wildman–Crippen LogP) is 4.40. The lowest BCUT2D eigenvalue weighted by Gasteiger charge is -2.12. The third-order valence-corrected chi connectivity index (χ3v) is 4.86. The fourth-order valence-corrected chi connectivity index (χ4v) is 3.48. The fourth-order valence-electron chi connectivity index (χ4n) is 2.65. The van der Waals surface area contributed by atoms with E-state index < -0.39 is 16.1 Å². The summed E-state index contributed by atoms with van der Waals surface area (Å²) >= 11 is 0.796. The lowest BCUT2D eigenvalue weighted by Crippen LogP contribution is -2.27. The van der Waals surface area contributed by atoms with E-state index in [2.05, 4.69) is 6.58 Å². The van der Waals surface area contributed by atoms with Crippen molar-refractivity contribution in [1.29, 1.82) is 0 Å². The number of hydrogen-bond acceptors (Lipinski definition) is 6. The largest absolute Gasteiger partial charge is 0.489 e. The van der Waals surface area contributed by atoms with E-state index in [1.165, 1.54) is 18.2 Å². The van der Waals surface area contributed by atoms with Crippen LogP contribution in [0.1, 0.15) is 11.1 Å². The molecule has 0 aromatic heterocycles. The van der Waals surface area contributed by atoms with Gasteiger partial charge in [0, 0.05) is 17.2 Å². The molecule has 0 unspecified atom stereocenters. The molecule has 8 heteroatoms. The summed E-state index contributed by atoms with van der Waals surface area (Å²) in [4.78, 5) is 36.9. The zero-order valence-corrected chi connectivity index (χ0v) is 15.6. The maximum atomic E-state index is 12.7. The highest BCUT2D eigenvalue weighted by Gasteiger charge is 2.36. The van der Waals surface area contributed by atoms with Crippen LogP contribution in [0, 0.1) is 10.1 Å². The average molecular weight is 396 g/mol. The van der Waals surface area contributed by atoms with Gasteiger partial charge in [0.1, 0.15) is 12.4 Å². The maximum Gasteiger partial charge on any atom is 0.293 e. The summed E-state index contributed by atoms with van der Waals surface area (Å²) in [5.74, 6) is 0.0690. The first kappa shape index (κ1) is 19.4. The second kappa shape index (κ2) is 8.53. The molecule has 142 valence electrons. The Balaban J connectivity index is 1.86. The highest BCUT2D eigenvalue weighted by molar-refractivity contribution is 8.18. The van der Waals surface area contributed by atoms with E-state index in [0.29, 0.717) is 23.5 Å². The quantitative estimate of drug-likeness (QED) is 0.298. The standard InChI is InChI=1S/C20H16N2O5S/c1-2-11-27-17-10-6-4-7-14(17)12-18-19(23)21(20(24)28-18)13-15-8-3-5-9-16(15)22(25)26/h2-10,12H,1,11,13H2/b18-12-. The van der Waals surface area contributed by atoms with Crippen molar-refractivity contribution in [3.05, 3.63) is 87.3 Å². The number of nitro groups is 1. The molecule has 28 heavy (non-hydrogen) atoms. The molecule has 7 nitrogen and oxygen atoms in total. The van der Waals surface area contributed by atoms with Gasteiger partial charge in [-0.2, -0.15) is 0 Å². The molecule has 0 atom stereocenters. The molecule has 2 aromatic rings. The average Bonchev–Trinajstić information content (AvgIpc) is 2.95. The molecule has 2 amide bonds. The number of nitro benzene ring substituents is 1. The van der Waals surface area contributed by atoms with Gasteiger partial charge in [-0.1, -0.05) is 49.1 Å². The van der Waals surface area contributed by atoms with Crippen LogP contribution in [-0.2, 0) is 11.3 Å². The number of para-hydroxylation sites is 2. The van der Waals surface area contributed by atoms with Crippen LogP contribution < -0.4 is 4.74 Å². The van der Waals surface area contributed by atoms with E-state index >= 15 is 0 Å². The van der Waals surface area contributed by atoms with Gasteiger partial charge in [0.15, 0.2) is 0 Å². The van der Waals surface area contributed by atoms with E-state index in [1.54, 1.807) is 42.5 Å². The minimum atomic E-state index is -0.530. The Morgan fingerprint density at radius 2 is 1.86 bits per heavy atom.